The van der Waals surface area contributed by atoms with Crippen molar-refractivity contribution in [2.75, 3.05) is 0 Å². The number of aryl methyl sites for hydroxylation is 2. The molecular formula is C22H28IN2+. The van der Waals surface area contributed by atoms with E-state index in [0.717, 1.165) is 0 Å². The van der Waals surface area contributed by atoms with Gasteiger partial charge < -0.3 is 0 Å². The van der Waals surface area contributed by atoms with Gasteiger partial charge in [0.25, 0.3) is 0 Å². The van der Waals surface area contributed by atoms with Crippen molar-refractivity contribution < 1.29 is 4.57 Å². The second kappa shape index (κ2) is 5.83. The molecule has 1 aliphatic carbocycles. The number of aromatic nitrogens is 2. The third kappa shape index (κ3) is 2.71. The molecule has 25 heavy (non-hydrogen) atoms. The number of hydrogen-bond donors (Lipinski definition) is 0. The van der Waals surface area contributed by atoms with Gasteiger partial charge in [0.15, 0.2) is 11.0 Å². The molecule has 4 rings (SSSR count). The fraction of sp³-hybridized carbons (Fsp3) is 0.409. The summed E-state index contributed by atoms with van der Waals surface area (Å²) in [5.41, 5.74) is 8.76. The van der Waals surface area contributed by atoms with Gasteiger partial charge in [-0.15, -0.1) is 24.0 Å². The molecule has 132 valence electrons. The van der Waals surface area contributed by atoms with Crippen LogP contribution in [0.1, 0.15) is 50.8 Å². The Morgan fingerprint density at radius 1 is 1.00 bits per heavy atom. The summed E-state index contributed by atoms with van der Waals surface area (Å²) < 4.78 is 4.52. The first-order chi connectivity index (χ1) is 11.2. The van der Waals surface area contributed by atoms with E-state index in [4.69, 9.17) is 0 Å². The predicted octanol–water partition coefficient (Wildman–Crippen LogP) is 5.34. The van der Waals surface area contributed by atoms with Crippen LogP contribution < -0.4 is 4.57 Å². The minimum absolute atomic E-state index is 0. The van der Waals surface area contributed by atoms with Gasteiger partial charge in [-0.1, -0.05) is 39.8 Å². The second-order valence-electron chi connectivity index (χ2n) is 8.71. The Bertz CT molecular complexity index is 964. The average Bonchev–Trinajstić information content (AvgIpc) is 2.91. The van der Waals surface area contributed by atoms with Crippen LogP contribution in [0.4, 0.5) is 0 Å². The number of rotatable bonds is 1. The second-order valence-corrected chi connectivity index (χ2v) is 8.71. The van der Waals surface area contributed by atoms with Gasteiger partial charge in [0, 0.05) is 0 Å². The topological polar surface area (TPSA) is 8.81 Å². The zero-order chi connectivity index (χ0) is 17.3. The quantitative estimate of drug-likeness (QED) is 0.352. The molecule has 0 saturated heterocycles. The molecule has 3 aromatic rings. The molecule has 0 atom stereocenters. The lowest BCUT2D eigenvalue weighted by molar-refractivity contribution is -0.645. The molecule has 0 N–H and O–H groups in total. The lowest BCUT2D eigenvalue weighted by Crippen LogP contribution is -2.25. The van der Waals surface area contributed by atoms with Gasteiger partial charge in [0.1, 0.15) is 5.69 Å². The van der Waals surface area contributed by atoms with Crippen LogP contribution in [0.3, 0.4) is 0 Å². The van der Waals surface area contributed by atoms with Crippen molar-refractivity contribution in [3.8, 4) is 5.69 Å². The van der Waals surface area contributed by atoms with E-state index in [1.54, 1.807) is 5.56 Å². The van der Waals surface area contributed by atoms with Gasteiger partial charge in [-0.2, -0.15) is 4.57 Å². The van der Waals surface area contributed by atoms with Crippen molar-refractivity contribution >= 4 is 35.0 Å². The van der Waals surface area contributed by atoms with Gasteiger partial charge in [-0.25, -0.2) is 4.57 Å². The zero-order valence-corrected chi connectivity index (χ0v) is 18.4. The summed E-state index contributed by atoms with van der Waals surface area (Å²) in [5, 5.41) is 0. The molecule has 0 spiro atoms. The SMILES string of the molecule is Cc1cc(-n2c[n+](C)c3ccccc32)cc2c1C(C)(C)CC2(C)C.I. The minimum atomic E-state index is 0. The van der Waals surface area contributed by atoms with Crippen LogP contribution in [0, 0.1) is 6.92 Å². The molecule has 0 saturated carbocycles. The summed E-state index contributed by atoms with van der Waals surface area (Å²) >= 11 is 0. The van der Waals surface area contributed by atoms with E-state index < -0.39 is 0 Å². The summed E-state index contributed by atoms with van der Waals surface area (Å²) in [4.78, 5) is 0. The lowest BCUT2D eigenvalue weighted by Gasteiger charge is -2.23. The van der Waals surface area contributed by atoms with Gasteiger partial charge >= 0.3 is 0 Å². The van der Waals surface area contributed by atoms with Gasteiger partial charge in [0.05, 0.1) is 7.05 Å². The van der Waals surface area contributed by atoms with Crippen LogP contribution in [-0.2, 0) is 17.9 Å². The Morgan fingerprint density at radius 2 is 1.68 bits per heavy atom. The molecule has 0 amide bonds. The lowest BCUT2D eigenvalue weighted by atomic mass is 9.81. The van der Waals surface area contributed by atoms with E-state index in [1.165, 1.54) is 34.3 Å². The third-order valence-electron chi connectivity index (χ3n) is 5.70. The van der Waals surface area contributed by atoms with Crippen molar-refractivity contribution in [1.29, 1.82) is 0 Å². The molecule has 0 bridgehead atoms. The van der Waals surface area contributed by atoms with Crippen LogP contribution >= 0.6 is 24.0 Å². The van der Waals surface area contributed by atoms with E-state index in [0.29, 0.717) is 0 Å². The average molecular weight is 447 g/mol. The molecule has 0 unspecified atom stereocenters. The number of imidazole rings is 1. The highest BCUT2D eigenvalue weighted by atomic mass is 127. The van der Waals surface area contributed by atoms with E-state index in [2.05, 4.69) is 93.5 Å². The summed E-state index contributed by atoms with van der Waals surface area (Å²) in [7, 11) is 2.12. The first kappa shape index (κ1) is 18.4. The molecular weight excluding hydrogens is 419 g/mol. The van der Waals surface area contributed by atoms with E-state index in [1.807, 2.05) is 0 Å². The molecule has 1 aliphatic rings. The largest absolute Gasteiger partial charge is 0.249 e. The van der Waals surface area contributed by atoms with Crippen molar-refractivity contribution in [2.45, 2.75) is 51.9 Å². The Hall–Kier alpha value is -1.36. The number of halogens is 1. The summed E-state index contributed by atoms with van der Waals surface area (Å²) in [5.74, 6) is 0. The van der Waals surface area contributed by atoms with Gasteiger partial charge in [-0.3, -0.25) is 0 Å². The molecule has 0 radical (unpaired) electrons. The van der Waals surface area contributed by atoms with E-state index in [-0.39, 0.29) is 34.8 Å². The molecule has 1 heterocycles. The van der Waals surface area contributed by atoms with Crippen molar-refractivity contribution in [3.63, 3.8) is 0 Å². The van der Waals surface area contributed by atoms with Crippen molar-refractivity contribution in [3.05, 3.63) is 59.4 Å². The van der Waals surface area contributed by atoms with Crippen LogP contribution in [0.25, 0.3) is 16.7 Å². The first-order valence-electron chi connectivity index (χ1n) is 8.82. The Balaban J connectivity index is 0.00000182. The van der Waals surface area contributed by atoms with Crippen LogP contribution in [0.5, 0.6) is 0 Å². The highest BCUT2D eigenvalue weighted by Crippen LogP contribution is 2.51. The molecule has 2 nitrogen and oxygen atoms in total. The zero-order valence-electron chi connectivity index (χ0n) is 16.1. The van der Waals surface area contributed by atoms with E-state index >= 15 is 0 Å². The Labute approximate surface area is 167 Å². The Morgan fingerprint density at radius 3 is 2.40 bits per heavy atom. The number of benzene rings is 2. The van der Waals surface area contributed by atoms with Crippen molar-refractivity contribution in [2.24, 2.45) is 7.05 Å². The summed E-state index contributed by atoms with van der Waals surface area (Å²) in [6, 6.07) is 13.4. The number of para-hydroxylation sites is 2. The van der Waals surface area contributed by atoms with E-state index in [9.17, 15) is 0 Å². The molecule has 0 aliphatic heterocycles. The van der Waals surface area contributed by atoms with Gasteiger partial charge in [-0.05, 0) is 65.1 Å². The monoisotopic (exact) mass is 447 g/mol. The normalized spacial score (nSPS) is 17.4. The number of hydrogen-bond acceptors (Lipinski definition) is 0. The highest BCUT2D eigenvalue weighted by Gasteiger charge is 2.43. The highest BCUT2D eigenvalue weighted by molar-refractivity contribution is 14.0. The third-order valence-corrected chi connectivity index (χ3v) is 5.70. The maximum Gasteiger partial charge on any atom is 0.249 e. The number of fused-ring (bicyclic) bond motifs is 2. The maximum atomic E-state index is 2.42. The molecule has 2 aromatic carbocycles. The molecule has 1 aromatic heterocycles. The molecule has 0 fully saturated rings. The summed E-state index contributed by atoms with van der Waals surface area (Å²) in [6.45, 7) is 11.8. The number of nitrogens with zero attached hydrogens (tertiary/aromatic N) is 2. The maximum absolute atomic E-state index is 2.42. The van der Waals surface area contributed by atoms with Crippen LogP contribution in [0.2, 0.25) is 0 Å². The fourth-order valence-electron chi connectivity index (χ4n) is 5.10. The van der Waals surface area contributed by atoms with Crippen molar-refractivity contribution in [1.82, 2.24) is 4.57 Å². The first-order valence-corrected chi connectivity index (χ1v) is 8.82. The smallest absolute Gasteiger partial charge is 0.232 e. The molecule has 3 heteroatoms. The fourth-order valence-corrected chi connectivity index (χ4v) is 5.10. The van der Waals surface area contributed by atoms with Gasteiger partial charge in [0.2, 0.25) is 6.33 Å². The van der Waals surface area contributed by atoms with Crippen LogP contribution in [0.15, 0.2) is 42.7 Å². The summed E-state index contributed by atoms with van der Waals surface area (Å²) in [6.07, 6.45) is 3.40. The minimum Gasteiger partial charge on any atom is -0.232 e. The van der Waals surface area contributed by atoms with Crippen LogP contribution in [-0.4, -0.2) is 4.57 Å². The predicted molar refractivity (Wildman–Crippen MR) is 115 cm³/mol. The standard InChI is InChI=1S/C22H27N2.HI/c1-15-11-16(12-17-20(15)22(4,5)13-21(17,2)3)24-14-23(6)18-9-7-8-10-19(18)24;/h7-12,14H,13H2,1-6H3;1H/q+1;. The Kier molecular flexibility index (Phi) is 4.30.